The van der Waals surface area contributed by atoms with Gasteiger partial charge in [0.15, 0.2) is 0 Å². The maximum atomic E-state index is 12.0. The highest BCUT2D eigenvalue weighted by atomic mass is 16.4. The number of nitrogens with one attached hydrogen (secondary N) is 2. The minimum Gasteiger partial charge on any atom is -0.478 e. The number of amides is 2. The third kappa shape index (κ3) is 4.17. The second-order valence-electron chi connectivity index (χ2n) is 4.95. The normalized spacial score (nSPS) is 17.8. The van der Waals surface area contributed by atoms with Gasteiger partial charge in [0.1, 0.15) is 6.04 Å². The zero-order valence-electron chi connectivity index (χ0n) is 11.6. The van der Waals surface area contributed by atoms with Crippen LogP contribution in [0.5, 0.6) is 0 Å². The number of rotatable bonds is 4. The van der Waals surface area contributed by atoms with Crippen molar-refractivity contribution in [2.75, 3.05) is 5.32 Å². The van der Waals surface area contributed by atoms with Crippen molar-refractivity contribution in [2.45, 2.75) is 25.8 Å². The van der Waals surface area contributed by atoms with Gasteiger partial charge in [-0.25, -0.2) is 4.79 Å². The van der Waals surface area contributed by atoms with Gasteiger partial charge in [-0.3, -0.25) is 9.59 Å². The number of anilines is 1. The summed E-state index contributed by atoms with van der Waals surface area (Å²) in [4.78, 5) is 33.7. The van der Waals surface area contributed by atoms with Crippen LogP contribution in [0.15, 0.2) is 24.3 Å². The summed E-state index contributed by atoms with van der Waals surface area (Å²) in [6.07, 6.45) is 3.35. The van der Waals surface area contributed by atoms with Crippen LogP contribution in [0.3, 0.4) is 0 Å². The van der Waals surface area contributed by atoms with Gasteiger partial charge in [-0.05, 0) is 42.7 Å². The molecule has 1 fully saturated rings. The molecule has 0 aliphatic carbocycles. The van der Waals surface area contributed by atoms with Crippen molar-refractivity contribution in [3.63, 3.8) is 0 Å². The molecule has 110 valence electrons. The number of carbonyl (C=O) groups excluding carboxylic acids is 2. The summed E-state index contributed by atoms with van der Waals surface area (Å²) in [5.41, 5.74) is 2.16. The van der Waals surface area contributed by atoms with Crippen LogP contribution in [0.1, 0.15) is 24.0 Å². The predicted molar refractivity (Wildman–Crippen MR) is 77.6 cm³/mol. The van der Waals surface area contributed by atoms with Crippen LogP contribution in [0, 0.1) is 6.92 Å². The molecule has 2 amide bonds. The lowest BCUT2D eigenvalue weighted by Gasteiger charge is -2.12. The first kappa shape index (κ1) is 14.8. The van der Waals surface area contributed by atoms with Gasteiger partial charge in [0.05, 0.1) is 0 Å². The van der Waals surface area contributed by atoms with Crippen LogP contribution in [0.4, 0.5) is 5.69 Å². The molecule has 21 heavy (non-hydrogen) atoms. The molecule has 1 aromatic rings. The summed E-state index contributed by atoms with van der Waals surface area (Å²) in [7, 11) is 0. The van der Waals surface area contributed by atoms with E-state index in [1.165, 1.54) is 6.08 Å². The lowest BCUT2D eigenvalue weighted by molar-refractivity contribution is -0.131. The van der Waals surface area contributed by atoms with Crippen LogP contribution < -0.4 is 10.6 Å². The summed E-state index contributed by atoms with van der Waals surface area (Å²) in [6, 6.07) is 4.77. The largest absolute Gasteiger partial charge is 0.478 e. The van der Waals surface area contributed by atoms with Crippen LogP contribution in [-0.4, -0.2) is 28.9 Å². The van der Waals surface area contributed by atoms with E-state index < -0.39 is 12.0 Å². The number of carboxylic acids is 1. The van der Waals surface area contributed by atoms with E-state index in [1.54, 1.807) is 12.1 Å². The number of carboxylic acid groups (broad SMARTS) is 1. The Balaban J connectivity index is 2.11. The highest BCUT2D eigenvalue weighted by molar-refractivity contribution is 5.99. The number of aryl methyl sites for hydroxylation is 1. The minimum absolute atomic E-state index is 0.121. The number of aliphatic carboxylic acids is 1. The molecule has 0 spiro atoms. The molecule has 6 nitrogen and oxygen atoms in total. The molecule has 0 saturated carbocycles. The third-order valence-corrected chi connectivity index (χ3v) is 3.10. The SMILES string of the molecule is Cc1cc(/C=C/C(=O)O)cc(NC(=O)C2CCC(=O)N2)c1. The smallest absolute Gasteiger partial charge is 0.328 e. The van der Waals surface area contributed by atoms with E-state index in [4.69, 9.17) is 5.11 Å². The van der Waals surface area contributed by atoms with Crippen molar-refractivity contribution in [3.05, 3.63) is 35.4 Å². The minimum atomic E-state index is -1.03. The molecule has 1 aliphatic heterocycles. The van der Waals surface area contributed by atoms with Crippen LogP contribution in [0.25, 0.3) is 6.08 Å². The lowest BCUT2D eigenvalue weighted by atomic mass is 10.1. The van der Waals surface area contributed by atoms with E-state index >= 15 is 0 Å². The fourth-order valence-electron chi connectivity index (χ4n) is 2.19. The summed E-state index contributed by atoms with van der Waals surface area (Å²) < 4.78 is 0. The number of hydrogen-bond acceptors (Lipinski definition) is 3. The fraction of sp³-hybridized carbons (Fsp3) is 0.267. The molecular weight excluding hydrogens is 272 g/mol. The predicted octanol–water partition coefficient (Wildman–Crippen LogP) is 1.31. The van der Waals surface area contributed by atoms with E-state index in [2.05, 4.69) is 10.6 Å². The molecule has 1 saturated heterocycles. The molecule has 1 aromatic carbocycles. The average molecular weight is 288 g/mol. The first-order valence-electron chi connectivity index (χ1n) is 6.57. The highest BCUT2D eigenvalue weighted by Crippen LogP contribution is 2.17. The molecule has 0 bridgehead atoms. The Bertz CT molecular complexity index is 622. The topological polar surface area (TPSA) is 95.5 Å². The fourth-order valence-corrected chi connectivity index (χ4v) is 2.19. The van der Waals surface area contributed by atoms with E-state index in [0.29, 0.717) is 24.1 Å². The molecule has 2 rings (SSSR count). The Kier molecular flexibility index (Phi) is 4.37. The molecule has 0 radical (unpaired) electrons. The van der Waals surface area contributed by atoms with E-state index in [-0.39, 0.29) is 11.8 Å². The van der Waals surface area contributed by atoms with Crippen molar-refractivity contribution in [1.29, 1.82) is 0 Å². The first-order chi connectivity index (χ1) is 9.94. The molecular formula is C15H16N2O4. The van der Waals surface area contributed by atoms with Gasteiger partial charge >= 0.3 is 5.97 Å². The number of hydrogen-bond donors (Lipinski definition) is 3. The van der Waals surface area contributed by atoms with Gasteiger partial charge < -0.3 is 15.7 Å². The third-order valence-electron chi connectivity index (χ3n) is 3.10. The van der Waals surface area contributed by atoms with Crippen molar-refractivity contribution in [1.82, 2.24) is 5.32 Å². The quantitative estimate of drug-likeness (QED) is 0.728. The highest BCUT2D eigenvalue weighted by Gasteiger charge is 2.27. The Morgan fingerprint density at radius 2 is 2.14 bits per heavy atom. The second-order valence-corrected chi connectivity index (χ2v) is 4.95. The van der Waals surface area contributed by atoms with Crippen LogP contribution >= 0.6 is 0 Å². The van der Waals surface area contributed by atoms with Crippen LogP contribution in [-0.2, 0) is 14.4 Å². The molecule has 0 aromatic heterocycles. The van der Waals surface area contributed by atoms with Crippen molar-refractivity contribution in [3.8, 4) is 0 Å². The molecule has 3 N–H and O–H groups in total. The van der Waals surface area contributed by atoms with Gasteiger partial charge in [0.25, 0.3) is 0 Å². The second kappa shape index (κ2) is 6.21. The Hall–Kier alpha value is -2.63. The molecule has 1 heterocycles. The van der Waals surface area contributed by atoms with Gasteiger partial charge in [-0.15, -0.1) is 0 Å². The van der Waals surface area contributed by atoms with Gasteiger partial charge in [0.2, 0.25) is 11.8 Å². The summed E-state index contributed by atoms with van der Waals surface area (Å²) in [5.74, 6) is -1.42. The monoisotopic (exact) mass is 288 g/mol. The summed E-state index contributed by atoms with van der Waals surface area (Å²) in [6.45, 7) is 1.85. The Morgan fingerprint density at radius 1 is 1.38 bits per heavy atom. The zero-order chi connectivity index (χ0) is 15.4. The standard InChI is InChI=1S/C15H16N2O4/c1-9-6-10(2-5-14(19)20)8-11(7-9)16-15(21)12-3-4-13(18)17-12/h2,5-8,12H,3-4H2,1H3,(H,16,21)(H,17,18)(H,19,20)/b5-2+. The Labute approximate surface area is 121 Å². The molecule has 1 unspecified atom stereocenters. The van der Waals surface area contributed by atoms with E-state index in [1.807, 2.05) is 13.0 Å². The van der Waals surface area contributed by atoms with Gasteiger partial charge in [-0.1, -0.05) is 6.07 Å². The maximum Gasteiger partial charge on any atom is 0.328 e. The van der Waals surface area contributed by atoms with E-state index in [9.17, 15) is 14.4 Å². The van der Waals surface area contributed by atoms with Crippen molar-refractivity contribution >= 4 is 29.5 Å². The lowest BCUT2D eigenvalue weighted by Crippen LogP contribution is -2.37. The average Bonchev–Trinajstić information content (AvgIpc) is 2.82. The van der Waals surface area contributed by atoms with Gasteiger partial charge in [-0.2, -0.15) is 0 Å². The number of benzene rings is 1. The first-order valence-corrected chi connectivity index (χ1v) is 6.57. The molecule has 6 heteroatoms. The zero-order valence-corrected chi connectivity index (χ0v) is 11.6. The van der Waals surface area contributed by atoms with Crippen molar-refractivity contribution < 1.29 is 19.5 Å². The molecule has 1 atom stereocenters. The van der Waals surface area contributed by atoms with Crippen LogP contribution in [0.2, 0.25) is 0 Å². The van der Waals surface area contributed by atoms with E-state index in [0.717, 1.165) is 11.6 Å². The number of carbonyl (C=O) groups is 3. The summed E-state index contributed by atoms with van der Waals surface area (Å²) in [5, 5.41) is 14.0. The Morgan fingerprint density at radius 3 is 2.76 bits per heavy atom. The molecule has 1 aliphatic rings. The maximum absolute atomic E-state index is 12.0. The van der Waals surface area contributed by atoms with Gasteiger partial charge in [0, 0.05) is 18.2 Å². The summed E-state index contributed by atoms with van der Waals surface area (Å²) >= 11 is 0. The van der Waals surface area contributed by atoms with Crippen molar-refractivity contribution in [2.24, 2.45) is 0 Å².